The van der Waals surface area contributed by atoms with Crippen molar-refractivity contribution in [1.82, 2.24) is 10.9 Å². The molecule has 0 fully saturated rings. The number of para-hydroxylation sites is 1. The van der Waals surface area contributed by atoms with Crippen LogP contribution >= 0.6 is 0 Å². The van der Waals surface area contributed by atoms with Crippen LogP contribution in [-0.4, -0.2) is 24.8 Å². The summed E-state index contributed by atoms with van der Waals surface area (Å²) in [5, 5.41) is 0. The lowest BCUT2D eigenvalue weighted by Crippen LogP contribution is -2.44. The molecule has 0 bridgehead atoms. The zero-order valence-corrected chi connectivity index (χ0v) is 15.0. The number of carbonyl (C=O) groups excluding carboxylic acids is 2. The Labute approximate surface area is 159 Å². The molecule has 0 aliphatic heterocycles. The number of aryl methyl sites for hydroxylation is 1. The summed E-state index contributed by atoms with van der Waals surface area (Å²) < 4.78 is 45.5. The van der Waals surface area contributed by atoms with Crippen LogP contribution in [0.15, 0.2) is 48.5 Å². The summed E-state index contributed by atoms with van der Waals surface area (Å²) in [5.41, 5.74) is 5.84. The number of alkyl halides is 3. The van der Waals surface area contributed by atoms with E-state index in [0.717, 1.165) is 24.1 Å². The van der Waals surface area contributed by atoms with Gasteiger partial charge >= 0.3 is 6.36 Å². The van der Waals surface area contributed by atoms with Crippen LogP contribution in [0.1, 0.15) is 18.1 Å². The Morgan fingerprint density at radius 3 is 2.25 bits per heavy atom. The molecule has 0 atom stereocenters. The number of hydrogen-bond acceptors (Lipinski definition) is 4. The number of amides is 2. The van der Waals surface area contributed by atoms with Crippen molar-refractivity contribution in [2.24, 2.45) is 0 Å². The summed E-state index contributed by atoms with van der Waals surface area (Å²) in [6, 6.07) is 12.2. The van der Waals surface area contributed by atoms with Gasteiger partial charge in [0.05, 0.1) is 6.42 Å². The van der Waals surface area contributed by atoms with E-state index in [1.807, 2.05) is 19.1 Å². The normalized spacial score (nSPS) is 10.9. The molecule has 2 N–H and O–H groups in total. The standard InChI is InChI=1S/C19H19F3N2O4/c1-2-14-5-3-4-6-16(14)27-12-18(26)24-23-17(25)11-13-7-9-15(10-8-13)28-19(20,21)22/h3-10H,2,11-12H2,1H3,(H,23,25)(H,24,26). The average molecular weight is 396 g/mol. The molecular weight excluding hydrogens is 377 g/mol. The lowest BCUT2D eigenvalue weighted by atomic mass is 10.1. The third kappa shape index (κ3) is 7.18. The van der Waals surface area contributed by atoms with Crippen LogP contribution in [0.4, 0.5) is 13.2 Å². The van der Waals surface area contributed by atoms with Crippen molar-refractivity contribution in [3.05, 3.63) is 59.7 Å². The van der Waals surface area contributed by atoms with E-state index in [4.69, 9.17) is 4.74 Å². The first kappa shape index (κ1) is 21.1. The number of hydrogen-bond donors (Lipinski definition) is 2. The molecule has 2 amide bonds. The van der Waals surface area contributed by atoms with Crippen LogP contribution < -0.4 is 20.3 Å². The van der Waals surface area contributed by atoms with E-state index in [1.165, 1.54) is 12.1 Å². The summed E-state index contributed by atoms with van der Waals surface area (Å²) >= 11 is 0. The fourth-order valence-electron chi connectivity index (χ4n) is 2.29. The second-order valence-electron chi connectivity index (χ2n) is 5.71. The smallest absolute Gasteiger partial charge is 0.483 e. The molecule has 9 heteroatoms. The van der Waals surface area contributed by atoms with Crippen molar-refractivity contribution in [1.29, 1.82) is 0 Å². The Morgan fingerprint density at radius 1 is 0.964 bits per heavy atom. The summed E-state index contributed by atoms with van der Waals surface area (Å²) in [4.78, 5) is 23.6. The second kappa shape index (κ2) is 9.63. The minimum atomic E-state index is -4.77. The maximum absolute atomic E-state index is 12.1. The number of ether oxygens (including phenoxy) is 2. The molecule has 2 aromatic rings. The molecule has 28 heavy (non-hydrogen) atoms. The lowest BCUT2D eigenvalue weighted by molar-refractivity contribution is -0.274. The molecule has 2 aromatic carbocycles. The van der Waals surface area contributed by atoms with Crippen molar-refractivity contribution in [2.45, 2.75) is 26.1 Å². The van der Waals surface area contributed by atoms with E-state index >= 15 is 0 Å². The quantitative estimate of drug-likeness (QED) is 0.706. The predicted octanol–water partition coefficient (Wildman–Crippen LogP) is 2.92. The molecule has 0 aliphatic rings. The van der Waals surface area contributed by atoms with Gasteiger partial charge in [-0.3, -0.25) is 20.4 Å². The fraction of sp³-hybridized carbons (Fsp3) is 0.263. The van der Waals surface area contributed by atoms with Gasteiger partial charge in [0.25, 0.3) is 5.91 Å². The van der Waals surface area contributed by atoms with Gasteiger partial charge in [-0.05, 0) is 35.7 Å². The van der Waals surface area contributed by atoms with Crippen molar-refractivity contribution in [3.8, 4) is 11.5 Å². The summed E-state index contributed by atoms with van der Waals surface area (Å²) in [7, 11) is 0. The van der Waals surface area contributed by atoms with Crippen LogP contribution in [0.25, 0.3) is 0 Å². The van der Waals surface area contributed by atoms with E-state index in [0.29, 0.717) is 11.3 Å². The third-order valence-corrected chi connectivity index (χ3v) is 3.58. The van der Waals surface area contributed by atoms with E-state index in [1.54, 1.807) is 12.1 Å². The van der Waals surface area contributed by atoms with Gasteiger partial charge in [0.2, 0.25) is 5.91 Å². The van der Waals surface area contributed by atoms with Crippen molar-refractivity contribution in [3.63, 3.8) is 0 Å². The number of carbonyl (C=O) groups is 2. The van der Waals surface area contributed by atoms with Gasteiger partial charge in [0.1, 0.15) is 11.5 Å². The Morgan fingerprint density at radius 2 is 1.61 bits per heavy atom. The monoisotopic (exact) mass is 396 g/mol. The molecule has 150 valence electrons. The predicted molar refractivity (Wildman–Crippen MR) is 94.4 cm³/mol. The molecule has 2 rings (SSSR count). The fourth-order valence-corrected chi connectivity index (χ4v) is 2.29. The largest absolute Gasteiger partial charge is 0.573 e. The van der Waals surface area contributed by atoms with E-state index in [9.17, 15) is 22.8 Å². The van der Waals surface area contributed by atoms with Crippen LogP contribution in [0.3, 0.4) is 0 Å². The van der Waals surface area contributed by atoms with E-state index < -0.39 is 18.2 Å². The summed E-state index contributed by atoms with van der Waals surface area (Å²) in [6.07, 6.45) is -4.16. The highest BCUT2D eigenvalue weighted by Gasteiger charge is 2.30. The number of nitrogens with one attached hydrogen (secondary N) is 2. The first-order chi connectivity index (χ1) is 13.3. The topological polar surface area (TPSA) is 76.7 Å². The van der Waals surface area contributed by atoms with Gasteiger partial charge in [0, 0.05) is 0 Å². The highest BCUT2D eigenvalue weighted by molar-refractivity contribution is 5.83. The van der Waals surface area contributed by atoms with Crippen LogP contribution in [0, 0.1) is 0 Å². The zero-order valence-electron chi connectivity index (χ0n) is 15.0. The van der Waals surface area contributed by atoms with Gasteiger partial charge in [-0.25, -0.2) is 0 Å². The van der Waals surface area contributed by atoms with E-state index in [2.05, 4.69) is 15.6 Å². The first-order valence-electron chi connectivity index (χ1n) is 8.40. The number of benzene rings is 2. The number of rotatable bonds is 7. The number of hydrazine groups is 1. The van der Waals surface area contributed by atoms with Gasteiger partial charge in [-0.15, -0.1) is 13.2 Å². The van der Waals surface area contributed by atoms with E-state index in [-0.39, 0.29) is 18.8 Å². The maximum atomic E-state index is 12.1. The van der Waals surface area contributed by atoms with Crippen LogP contribution in [-0.2, 0) is 22.4 Å². The molecule has 0 saturated carbocycles. The highest BCUT2D eigenvalue weighted by Crippen LogP contribution is 2.22. The van der Waals surface area contributed by atoms with Gasteiger partial charge in [-0.2, -0.15) is 0 Å². The Hall–Kier alpha value is -3.23. The van der Waals surface area contributed by atoms with Crippen LogP contribution in [0.5, 0.6) is 11.5 Å². The molecule has 0 aromatic heterocycles. The summed E-state index contributed by atoms with van der Waals surface area (Å²) in [6.45, 7) is 1.69. The number of halogens is 3. The molecule has 6 nitrogen and oxygen atoms in total. The second-order valence-corrected chi connectivity index (χ2v) is 5.71. The molecule has 0 aliphatic carbocycles. The van der Waals surface area contributed by atoms with Crippen molar-refractivity contribution >= 4 is 11.8 Å². The lowest BCUT2D eigenvalue weighted by Gasteiger charge is -2.11. The molecule has 0 saturated heterocycles. The third-order valence-electron chi connectivity index (χ3n) is 3.58. The van der Waals surface area contributed by atoms with Crippen molar-refractivity contribution < 1.29 is 32.2 Å². The Balaban J connectivity index is 1.75. The Bertz CT molecular complexity index is 808. The highest BCUT2D eigenvalue weighted by atomic mass is 19.4. The van der Waals surface area contributed by atoms with Gasteiger partial charge in [0.15, 0.2) is 6.61 Å². The summed E-state index contributed by atoms with van der Waals surface area (Å²) in [5.74, 6) is -0.873. The molecule has 0 spiro atoms. The minimum Gasteiger partial charge on any atom is -0.483 e. The molecule has 0 heterocycles. The average Bonchev–Trinajstić information content (AvgIpc) is 2.65. The van der Waals surface area contributed by atoms with Crippen molar-refractivity contribution in [2.75, 3.05) is 6.61 Å². The first-order valence-corrected chi connectivity index (χ1v) is 8.40. The SMILES string of the molecule is CCc1ccccc1OCC(=O)NNC(=O)Cc1ccc(OC(F)(F)F)cc1. The molecule has 0 unspecified atom stereocenters. The maximum Gasteiger partial charge on any atom is 0.573 e. The molecular formula is C19H19F3N2O4. The van der Waals surface area contributed by atoms with Gasteiger partial charge in [-0.1, -0.05) is 37.3 Å². The van der Waals surface area contributed by atoms with Crippen LogP contribution in [0.2, 0.25) is 0 Å². The zero-order chi connectivity index (χ0) is 20.6. The molecule has 0 radical (unpaired) electrons. The minimum absolute atomic E-state index is 0.133. The van der Waals surface area contributed by atoms with Gasteiger partial charge < -0.3 is 9.47 Å². The Kier molecular flexibility index (Phi) is 7.25.